The van der Waals surface area contributed by atoms with Crippen LogP contribution in [-0.2, 0) is 9.59 Å². The second-order valence-electron chi connectivity index (χ2n) is 6.20. The predicted molar refractivity (Wildman–Crippen MR) is 120 cm³/mol. The van der Waals surface area contributed by atoms with E-state index in [9.17, 15) is 19.7 Å². The number of hydrogen-bond acceptors (Lipinski definition) is 6. The summed E-state index contributed by atoms with van der Waals surface area (Å²) in [5.41, 5.74) is 3.46. The normalized spacial score (nSPS) is 11.0. The van der Waals surface area contributed by atoms with Crippen LogP contribution in [0.3, 0.4) is 0 Å². The van der Waals surface area contributed by atoms with Crippen molar-refractivity contribution in [3.8, 4) is 5.75 Å². The molecule has 0 saturated heterocycles. The van der Waals surface area contributed by atoms with Gasteiger partial charge < -0.3 is 10.1 Å². The van der Waals surface area contributed by atoms with E-state index in [1.807, 2.05) is 13.0 Å². The molecule has 2 rings (SSSR count). The van der Waals surface area contributed by atoms with Gasteiger partial charge in [-0.05, 0) is 53.5 Å². The number of nitro groups is 1. The van der Waals surface area contributed by atoms with Crippen molar-refractivity contribution >= 4 is 60.8 Å². The highest BCUT2D eigenvalue weighted by Gasteiger charge is 2.15. The monoisotopic (exact) mass is 540 g/mol. The molecule has 2 aromatic rings. The maximum Gasteiger partial charge on any atom is 0.292 e. The summed E-state index contributed by atoms with van der Waals surface area (Å²) < 4.78 is 7.07. The van der Waals surface area contributed by atoms with E-state index in [2.05, 4.69) is 47.7 Å². The van der Waals surface area contributed by atoms with Crippen LogP contribution in [0.4, 0.5) is 11.4 Å². The molecular formula is C19H18Br2N4O5. The molecular weight excluding hydrogens is 524 g/mol. The molecule has 0 aliphatic carbocycles. The SMILES string of the molecule is CC(CC(=O)Nc1ccccc1[N+](=O)[O-])=NNC(=O)COc1cc(C)c(Br)cc1Br. The Bertz CT molecular complexity index is 1010. The fourth-order valence-electron chi connectivity index (χ4n) is 2.28. The maximum atomic E-state index is 12.1. The number of halogens is 2. The molecule has 0 saturated carbocycles. The molecule has 11 heteroatoms. The van der Waals surface area contributed by atoms with Crippen molar-refractivity contribution in [2.45, 2.75) is 20.3 Å². The second kappa shape index (κ2) is 10.8. The fourth-order valence-corrected chi connectivity index (χ4v) is 3.39. The third-order valence-corrected chi connectivity index (χ3v) is 5.21. The Morgan fingerprint density at radius 1 is 1.17 bits per heavy atom. The lowest BCUT2D eigenvalue weighted by atomic mass is 10.2. The molecule has 0 bridgehead atoms. The first-order valence-corrected chi connectivity index (χ1v) is 10.2. The van der Waals surface area contributed by atoms with E-state index in [1.54, 1.807) is 19.1 Å². The van der Waals surface area contributed by atoms with Gasteiger partial charge in [0.25, 0.3) is 11.6 Å². The number of hydrogen-bond donors (Lipinski definition) is 2. The van der Waals surface area contributed by atoms with Gasteiger partial charge in [-0.3, -0.25) is 19.7 Å². The van der Waals surface area contributed by atoms with Gasteiger partial charge in [0.2, 0.25) is 5.91 Å². The molecule has 0 fully saturated rings. The lowest BCUT2D eigenvalue weighted by molar-refractivity contribution is -0.383. The number of anilines is 1. The Labute approximate surface area is 189 Å². The zero-order chi connectivity index (χ0) is 22.3. The number of ether oxygens (including phenoxy) is 1. The maximum absolute atomic E-state index is 12.1. The molecule has 0 radical (unpaired) electrons. The number of para-hydroxylation sites is 2. The second-order valence-corrected chi connectivity index (χ2v) is 7.91. The van der Waals surface area contributed by atoms with Crippen LogP contribution < -0.4 is 15.5 Å². The molecule has 2 aromatic carbocycles. The summed E-state index contributed by atoms with van der Waals surface area (Å²) in [6.45, 7) is 3.18. The summed E-state index contributed by atoms with van der Waals surface area (Å²) in [5, 5.41) is 17.3. The van der Waals surface area contributed by atoms with Gasteiger partial charge in [-0.15, -0.1) is 0 Å². The Balaban J connectivity index is 1.86. The molecule has 2 amide bonds. The lowest BCUT2D eigenvalue weighted by Gasteiger charge is -2.10. The van der Waals surface area contributed by atoms with Crippen molar-refractivity contribution < 1.29 is 19.2 Å². The summed E-state index contributed by atoms with van der Waals surface area (Å²) in [6.07, 6.45) is -0.148. The number of rotatable bonds is 8. The van der Waals surface area contributed by atoms with Gasteiger partial charge in [-0.25, -0.2) is 5.43 Å². The topological polar surface area (TPSA) is 123 Å². The molecule has 2 N–H and O–H groups in total. The summed E-state index contributed by atoms with van der Waals surface area (Å²) in [6, 6.07) is 9.41. The van der Waals surface area contributed by atoms with Crippen LogP contribution in [0, 0.1) is 17.0 Å². The van der Waals surface area contributed by atoms with Crippen LogP contribution in [0.5, 0.6) is 5.75 Å². The van der Waals surface area contributed by atoms with Crippen molar-refractivity contribution in [1.82, 2.24) is 5.43 Å². The number of carbonyl (C=O) groups excluding carboxylic acids is 2. The van der Waals surface area contributed by atoms with Gasteiger partial charge >= 0.3 is 0 Å². The minimum atomic E-state index is -0.581. The first-order chi connectivity index (χ1) is 14.2. The van der Waals surface area contributed by atoms with E-state index >= 15 is 0 Å². The molecule has 0 spiro atoms. The highest BCUT2D eigenvalue weighted by Crippen LogP contribution is 2.31. The number of amides is 2. The van der Waals surface area contributed by atoms with Gasteiger partial charge in [0.15, 0.2) is 6.61 Å². The van der Waals surface area contributed by atoms with Crippen molar-refractivity contribution in [2.24, 2.45) is 5.10 Å². The number of nitro benzene ring substituents is 1. The van der Waals surface area contributed by atoms with Crippen molar-refractivity contribution in [3.05, 3.63) is 61.0 Å². The number of nitrogens with zero attached hydrogens (tertiary/aromatic N) is 2. The van der Waals surface area contributed by atoms with E-state index in [1.165, 1.54) is 18.2 Å². The Morgan fingerprint density at radius 2 is 1.87 bits per heavy atom. The van der Waals surface area contributed by atoms with Crippen molar-refractivity contribution in [1.29, 1.82) is 0 Å². The molecule has 0 aromatic heterocycles. The molecule has 9 nitrogen and oxygen atoms in total. The molecule has 0 atom stereocenters. The largest absolute Gasteiger partial charge is 0.483 e. The summed E-state index contributed by atoms with van der Waals surface area (Å²) in [4.78, 5) is 34.4. The Morgan fingerprint density at radius 3 is 2.57 bits per heavy atom. The van der Waals surface area contributed by atoms with Crippen LogP contribution in [-0.4, -0.2) is 29.1 Å². The van der Waals surface area contributed by atoms with Crippen molar-refractivity contribution in [2.75, 3.05) is 11.9 Å². The third-order valence-electron chi connectivity index (χ3n) is 3.73. The van der Waals surface area contributed by atoms with Crippen LogP contribution in [0.15, 0.2) is 50.4 Å². The average molecular weight is 542 g/mol. The van der Waals surface area contributed by atoms with Crippen molar-refractivity contribution in [3.63, 3.8) is 0 Å². The quantitative estimate of drug-likeness (QED) is 0.292. The van der Waals surface area contributed by atoms with E-state index in [0.29, 0.717) is 15.9 Å². The van der Waals surface area contributed by atoms with Gasteiger partial charge in [0.05, 0.1) is 15.8 Å². The first-order valence-electron chi connectivity index (χ1n) is 8.61. The Kier molecular flexibility index (Phi) is 8.48. The Hall–Kier alpha value is -2.79. The van der Waals surface area contributed by atoms with Gasteiger partial charge in [-0.2, -0.15) is 5.10 Å². The van der Waals surface area contributed by atoms with E-state index in [-0.39, 0.29) is 24.4 Å². The number of aryl methyl sites for hydroxylation is 1. The number of nitrogens with one attached hydrogen (secondary N) is 2. The third kappa shape index (κ3) is 6.92. The molecule has 0 aliphatic heterocycles. The standard InChI is InChI=1S/C19H18Br2N4O5/c1-11-7-17(14(21)9-13(11)20)30-10-19(27)24-23-12(2)8-18(26)22-15-5-3-4-6-16(15)25(28)29/h3-7,9H,8,10H2,1-2H3,(H,22,26)(H,24,27). The lowest BCUT2D eigenvalue weighted by Crippen LogP contribution is -2.26. The molecule has 0 aliphatic rings. The summed E-state index contributed by atoms with van der Waals surface area (Å²) >= 11 is 6.76. The van der Waals surface area contributed by atoms with Crippen LogP contribution in [0.2, 0.25) is 0 Å². The summed E-state index contributed by atoms with van der Waals surface area (Å²) in [7, 11) is 0. The average Bonchev–Trinajstić information content (AvgIpc) is 2.68. The van der Waals surface area contributed by atoms with Crippen LogP contribution in [0.1, 0.15) is 18.9 Å². The van der Waals surface area contributed by atoms with Crippen LogP contribution in [0.25, 0.3) is 0 Å². The number of carbonyl (C=O) groups is 2. The van der Waals surface area contributed by atoms with Gasteiger partial charge in [-0.1, -0.05) is 28.1 Å². The minimum absolute atomic E-state index is 0.0908. The van der Waals surface area contributed by atoms with E-state index in [0.717, 1.165) is 10.0 Å². The van der Waals surface area contributed by atoms with E-state index in [4.69, 9.17) is 4.74 Å². The molecule has 30 heavy (non-hydrogen) atoms. The molecule has 0 unspecified atom stereocenters. The minimum Gasteiger partial charge on any atom is -0.483 e. The van der Waals surface area contributed by atoms with Crippen LogP contribution >= 0.6 is 31.9 Å². The first kappa shape index (κ1) is 23.5. The zero-order valence-corrected chi connectivity index (χ0v) is 19.2. The smallest absolute Gasteiger partial charge is 0.292 e. The molecule has 158 valence electrons. The van der Waals surface area contributed by atoms with Gasteiger partial charge in [0.1, 0.15) is 11.4 Å². The molecule has 0 heterocycles. The predicted octanol–water partition coefficient (Wildman–Crippen LogP) is 4.33. The fraction of sp³-hybridized carbons (Fsp3) is 0.211. The zero-order valence-electron chi connectivity index (χ0n) is 16.1. The highest BCUT2D eigenvalue weighted by molar-refractivity contribution is 9.11. The van der Waals surface area contributed by atoms with Gasteiger partial charge in [0, 0.05) is 16.3 Å². The van der Waals surface area contributed by atoms with E-state index < -0.39 is 16.7 Å². The highest BCUT2D eigenvalue weighted by atomic mass is 79.9. The number of benzene rings is 2. The number of hydrazone groups is 1. The summed E-state index contributed by atoms with van der Waals surface area (Å²) in [5.74, 6) is -0.485.